The molecule has 3 fully saturated rings. The fraction of sp³-hybridized carbons (Fsp3) is 0.923. The van der Waals surface area contributed by atoms with Gasteiger partial charge >= 0.3 is 0 Å². The smallest absolute Gasteiger partial charge is 0.244 e. The minimum atomic E-state index is -0.211. The number of nitrogens with zero attached hydrogens (tertiary/aromatic N) is 1. The first kappa shape index (κ1) is 11.5. The number of methoxy groups -OCH3 is 1. The summed E-state index contributed by atoms with van der Waals surface area (Å²) < 4.78 is 5.31. The minimum absolute atomic E-state index is 0.198. The maximum Gasteiger partial charge on any atom is 0.244 e. The van der Waals surface area contributed by atoms with Crippen molar-refractivity contribution >= 4 is 5.91 Å². The summed E-state index contributed by atoms with van der Waals surface area (Å²) in [4.78, 5) is 14.7. The van der Waals surface area contributed by atoms with Crippen molar-refractivity contribution in [3.63, 3.8) is 0 Å². The fourth-order valence-electron chi connectivity index (χ4n) is 3.73. The molecule has 3 rings (SSSR count). The topological polar surface area (TPSA) is 41.6 Å². The van der Waals surface area contributed by atoms with E-state index in [4.69, 9.17) is 4.74 Å². The lowest BCUT2D eigenvalue weighted by Crippen LogP contribution is -2.52. The molecule has 0 radical (unpaired) electrons. The van der Waals surface area contributed by atoms with Gasteiger partial charge in [0.2, 0.25) is 5.91 Å². The number of carbonyl (C=O) groups is 1. The van der Waals surface area contributed by atoms with Gasteiger partial charge in [-0.25, -0.2) is 0 Å². The molecule has 96 valence electrons. The van der Waals surface area contributed by atoms with Crippen molar-refractivity contribution in [2.45, 2.75) is 69.3 Å². The highest BCUT2D eigenvalue weighted by molar-refractivity contribution is 5.89. The second kappa shape index (κ2) is 3.95. The van der Waals surface area contributed by atoms with E-state index in [0.717, 1.165) is 25.7 Å². The zero-order valence-electron chi connectivity index (χ0n) is 10.7. The molecule has 1 saturated heterocycles. The van der Waals surface area contributed by atoms with Crippen LogP contribution in [0.2, 0.25) is 0 Å². The quantitative estimate of drug-likeness (QED) is 0.787. The van der Waals surface area contributed by atoms with Gasteiger partial charge in [0, 0.05) is 13.2 Å². The third-order valence-electron chi connectivity index (χ3n) is 4.80. The molecule has 2 saturated carbocycles. The van der Waals surface area contributed by atoms with Gasteiger partial charge in [-0.1, -0.05) is 12.8 Å². The second-order valence-electron chi connectivity index (χ2n) is 5.80. The predicted octanol–water partition coefficient (Wildman–Crippen LogP) is 1.25. The van der Waals surface area contributed by atoms with Gasteiger partial charge < -0.3 is 9.64 Å². The van der Waals surface area contributed by atoms with Crippen LogP contribution in [0.5, 0.6) is 0 Å². The lowest BCUT2D eigenvalue weighted by atomic mass is 9.86. The van der Waals surface area contributed by atoms with Crippen LogP contribution in [0, 0.1) is 0 Å². The molecule has 1 amide bonds. The number of nitrogens with one attached hydrogen (secondary N) is 1. The number of rotatable bonds is 2. The van der Waals surface area contributed by atoms with E-state index >= 15 is 0 Å². The molecule has 0 aromatic heterocycles. The normalized spacial score (nSPS) is 40.0. The summed E-state index contributed by atoms with van der Waals surface area (Å²) in [6.45, 7) is 2.12. The van der Waals surface area contributed by atoms with E-state index < -0.39 is 0 Å². The van der Waals surface area contributed by atoms with Gasteiger partial charge in [-0.2, -0.15) is 0 Å². The van der Waals surface area contributed by atoms with Crippen LogP contribution >= 0.6 is 0 Å². The molecule has 1 N–H and O–H groups in total. The fourth-order valence-corrected chi connectivity index (χ4v) is 3.73. The average molecular weight is 238 g/mol. The summed E-state index contributed by atoms with van der Waals surface area (Å²) in [7, 11) is 1.76. The monoisotopic (exact) mass is 238 g/mol. The Morgan fingerprint density at radius 2 is 2.00 bits per heavy atom. The zero-order chi connectivity index (χ0) is 12.0. The molecule has 1 atom stereocenters. The standard InChI is InChI=1S/C13H22N2O2/c1-9-14-13(5-3-4-6-13)12(16)15(9)10-7-11(8-10)17-2/h9-11,14H,3-8H2,1-2H3. The third-order valence-corrected chi connectivity index (χ3v) is 4.80. The summed E-state index contributed by atoms with van der Waals surface area (Å²) in [5, 5.41) is 3.55. The van der Waals surface area contributed by atoms with Crippen molar-refractivity contribution < 1.29 is 9.53 Å². The van der Waals surface area contributed by atoms with Crippen LogP contribution in [0.25, 0.3) is 0 Å². The molecule has 4 nitrogen and oxygen atoms in total. The molecular formula is C13H22N2O2. The van der Waals surface area contributed by atoms with E-state index in [1.807, 2.05) is 0 Å². The average Bonchev–Trinajstić information content (AvgIpc) is 2.78. The van der Waals surface area contributed by atoms with Crippen LogP contribution in [0.3, 0.4) is 0 Å². The Kier molecular flexibility index (Phi) is 2.67. The highest BCUT2D eigenvalue weighted by atomic mass is 16.5. The van der Waals surface area contributed by atoms with Crippen molar-refractivity contribution in [3.8, 4) is 0 Å². The summed E-state index contributed by atoms with van der Waals surface area (Å²) in [6.07, 6.45) is 6.98. The Morgan fingerprint density at radius 1 is 1.35 bits per heavy atom. The highest BCUT2D eigenvalue weighted by Crippen LogP contribution is 2.40. The maximum atomic E-state index is 12.6. The molecule has 0 aromatic carbocycles. The van der Waals surface area contributed by atoms with Gasteiger partial charge in [-0.15, -0.1) is 0 Å². The number of ether oxygens (including phenoxy) is 1. The van der Waals surface area contributed by atoms with E-state index in [1.165, 1.54) is 12.8 Å². The van der Waals surface area contributed by atoms with Gasteiger partial charge in [0.15, 0.2) is 0 Å². The van der Waals surface area contributed by atoms with E-state index in [-0.39, 0.29) is 11.7 Å². The van der Waals surface area contributed by atoms with Crippen molar-refractivity contribution in [1.82, 2.24) is 10.2 Å². The van der Waals surface area contributed by atoms with Crippen LogP contribution in [0.4, 0.5) is 0 Å². The van der Waals surface area contributed by atoms with Gasteiger partial charge in [0.1, 0.15) is 0 Å². The summed E-state index contributed by atoms with van der Waals surface area (Å²) in [5.74, 6) is 0.349. The van der Waals surface area contributed by atoms with Crippen LogP contribution in [0.1, 0.15) is 45.4 Å². The number of carbonyl (C=O) groups excluding carboxylic acids is 1. The summed E-state index contributed by atoms with van der Waals surface area (Å²) in [5.41, 5.74) is -0.211. The number of hydrogen-bond acceptors (Lipinski definition) is 3. The molecule has 0 bridgehead atoms. The van der Waals surface area contributed by atoms with E-state index in [0.29, 0.717) is 18.1 Å². The first-order chi connectivity index (χ1) is 8.16. The summed E-state index contributed by atoms with van der Waals surface area (Å²) >= 11 is 0. The van der Waals surface area contributed by atoms with Crippen LogP contribution in [0.15, 0.2) is 0 Å². The molecule has 1 spiro atoms. The molecule has 17 heavy (non-hydrogen) atoms. The first-order valence-electron chi connectivity index (χ1n) is 6.79. The van der Waals surface area contributed by atoms with E-state index in [9.17, 15) is 4.79 Å². The molecule has 2 aliphatic carbocycles. The second-order valence-corrected chi connectivity index (χ2v) is 5.80. The minimum Gasteiger partial charge on any atom is -0.381 e. The molecule has 4 heteroatoms. The Balaban J connectivity index is 1.72. The van der Waals surface area contributed by atoms with Crippen LogP contribution < -0.4 is 5.32 Å². The Hall–Kier alpha value is -0.610. The Morgan fingerprint density at radius 3 is 2.59 bits per heavy atom. The highest BCUT2D eigenvalue weighted by Gasteiger charge is 2.54. The van der Waals surface area contributed by atoms with Gasteiger partial charge in [-0.3, -0.25) is 10.1 Å². The molecule has 0 aromatic rings. The van der Waals surface area contributed by atoms with Crippen molar-refractivity contribution in [3.05, 3.63) is 0 Å². The molecule has 1 heterocycles. The predicted molar refractivity (Wildman–Crippen MR) is 64.5 cm³/mol. The molecule has 1 aliphatic heterocycles. The maximum absolute atomic E-state index is 12.6. The number of hydrogen-bond donors (Lipinski definition) is 1. The van der Waals surface area contributed by atoms with Crippen molar-refractivity contribution in [1.29, 1.82) is 0 Å². The lowest BCUT2D eigenvalue weighted by Gasteiger charge is -2.42. The van der Waals surface area contributed by atoms with Crippen molar-refractivity contribution in [2.75, 3.05) is 7.11 Å². The number of amides is 1. The van der Waals surface area contributed by atoms with E-state index in [1.54, 1.807) is 7.11 Å². The SMILES string of the molecule is COC1CC(N2C(=O)C3(CCCC3)NC2C)C1. The zero-order valence-corrected chi connectivity index (χ0v) is 10.7. The van der Waals surface area contributed by atoms with Crippen LogP contribution in [-0.4, -0.2) is 41.8 Å². The Bertz CT molecular complexity index is 319. The first-order valence-corrected chi connectivity index (χ1v) is 6.79. The van der Waals surface area contributed by atoms with Crippen LogP contribution in [-0.2, 0) is 9.53 Å². The molecule has 3 aliphatic rings. The molecule has 1 unspecified atom stereocenters. The van der Waals surface area contributed by atoms with Gasteiger partial charge in [-0.05, 0) is 32.6 Å². The lowest BCUT2D eigenvalue weighted by molar-refractivity contribution is -0.140. The van der Waals surface area contributed by atoms with E-state index in [2.05, 4.69) is 17.1 Å². The Labute approximate surface area is 103 Å². The largest absolute Gasteiger partial charge is 0.381 e. The summed E-state index contributed by atoms with van der Waals surface area (Å²) in [6, 6.07) is 0.398. The molecular weight excluding hydrogens is 216 g/mol. The van der Waals surface area contributed by atoms with Crippen molar-refractivity contribution in [2.24, 2.45) is 0 Å². The van der Waals surface area contributed by atoms with Gasteiger partial charge in [0.25, 0.3) is 0 Å². The van der Waals surface area contributed by atoms with Gasteiger partial charge in [0.05, 0.1) is 17.8 Å². The third kappa shape index (κ3) is 1.61.